The first kappa shape index (κ1) is 13.7. The molecule has 1 saturated heterocycles. The summed E-state index contributed by atoms with van der Waals surface area (Å²) in [6, 6.07) is 0. The van der Waals surface area contributed by atoms with Gasteiger partial charge in [-0.3, -0.25) is 4.79 Å². The molecule has 1 fully saturated rings. The zero-order valence-electron chi connectivity index (χ0n) is 8.74. The van der Waals surface area contributed by atoms with E-state index in [4.69, 9.17) is 5.73 Å². The topological polar surface area (TPSA) is 49.6 Å². The maximum absolute atomic E-state index is 10.5. The molecule has 4 nitrogen and oxygen atoms in total. The van der Waals surface area contributed by atoms with Gasteiger partial charge < -0.3 is 15.5 Å². The molecule has 0 saturated carbocycles. The highest BCUT2D eigenvalue weighted by atomic mass is 35.5. The van der Waals surface area contributed by atoms with Crippen LogP contribution in [0, 0.1) is 0 Å². The second kappa shape index (κ2) is 7.04. The fraction of sp³-hybridized carbons (Fsp3) is 0.889. The average Bonchev–Trinajstić information content (AvgIpc) is 2.15. The third-order valence-electron chi connectivity index (χ3n) is 2.59. The number of nitrogens with zero attached hydrogens (tertiary/aromatic N) is 2. The van der Waals surface area contributed by atoms with Crippen LogP contribution in [0.1, 0.15) is 13.3 Å². The Morgan fingerprint density at radius 1 is 1.21 bits per heavy atom. The van der Waals surface area contributed by atoms with Crippen LogP contribution in [-0.2, 0) is 4.79 Å². The Hall–Kier alpha value is -0.320. The van der Waals surface area contributed by atoms with Crippen molar-refractivity contribution in [1.29, 1.82) is 0 Å². The van der Waals surface area contributed by atoms with E-state index in [-0.39, 0.29) is 18.3 Å². The van der Waals surface area contributed by atoms with Crippen LogP contribution < -0.4 is 5.73 Å². The lowest BCUT2D eigenvalue weighted by atomic mass is 10.3. The standard InChI is InChI=1S/C9H19N3O.ClH/c1-2-11-5-7-12(8-6-11)4-3-9(10)13;/h2-8H2,1H3,(H2,10,13);1H. The first-order valence-electron chi connectivity index (χ1n) is 4.95. The van der Waals surface area contributed by atoms with E-state index in [0.29, 0.717) is 6.42 Å². The van der Waals surface area contributed by atoms with Gasteiger partial charge in [-0.25, -0.2) is 0 Å². The quantitative estimate of drug-likeness (QED) is 0.723. The monoisotopic (exact) mass is 221 g/mol. The second-order valence-electron chi connectivity index (χ2n) is 3.49. The van der Waals surface area contributed by atoms with Crippen LogP contribution >= 0.6 is 12.4 Å². The van der Waals surface area contributed by atoms with Gasteiger partial charge in [-0.05, 0) is 6.54 Å². The normalized spacial score (nSPS) is 18.9. The van der Waals surface area contributed by atoms with Gasteiger partial charge in [0.05, 0.1) is 0 Å². The van der Waals surface area contributed by atoms with E-state index in [2.05, 4.69) is 16.7 Å². The number of hydrogen-bond donors (Lipinski definition) is 1. The largest absolute Gasteiger partial charge is 0.370 e. The third kappa shape index (κ3) is 4.79. The molecule has 1 aliphatic rings. The first-order chi connectivity index (χ1) is 6.22. The summed E-state index contributed by atoms with van der Waals surface area (Å²) in [5.41, 5.74) is 5.09. The number of primary amides is 1. The Labute approximate surface area is 91.8 Å². The Bertz CT molecular complexity index is 169. The van der Waals surface area contributed by atoms with Crippen molar-refractivity contribution in [3.63, 3.8) is 0 Å². The van der Waals surface area contributed by atoms with Gasteiger partial charge in [0, 0.05) is 39.1 Å². The van der Waals surface area contributed by atoms with E-state index in [1.54, 1.807) is 0 Å². The third-order valence-corrected chi connectivity index (χ3v) is 2.59. The summed E-state index contributed by atoms with van der Waals surface area (Å²) in [6.45, 7) is 8.52. The minimum Gasteiger partial charge on any atom is -0.370 e. The molecule has 0 radical (unpaired) electrons. The van der Waals surface area contributed by atoms with E-state index < -0.39 is 0 Å². The molecule has 0 unspecified atom stereocenters. The Morgan fingerprint density at radius 3 is 2.14 bits per heavy atom. The molecular weight excluding hydrogens is 202 g/mol. The van der Waals surface area contributed by atoms with Gasteiger partial charge in [0.25, 0.3) is 0 Å². The summed E-state index contributed by atoms with van der Waals surface area (Å²) in [5, 5.41) is 0. The maximum atomic E-state index is 10.5. The van der Waals surface area contributed by atoms with Gasteiger partial charge in [0.1, 0.15) is 0 Å². The molecule has 84 valence electrons. The van der Waals surface area contributed by atoms with Crippen LogP contribution in [0.3, 0.4) is 0 Å². The first-order valence-corrected chi connectivity index (χ1v) is 4.95. The Morgan fingerprint density at radius 2 is 1.71 bits per heavy atom. The molecule has 1 aliphatic heterocycles. The summed E-state index contributed by atoms with van der Waals surface area (Å²) >= 11 is 0. The highest BCUT2D eigenvalue weighted by Gasteiger charge is 2.14. The molecule has 0 aromatic carbocycles. The van der Waals surface area contributed by atoms with Gasteiger partial charge in [0.2, 0.25) is 5.91 Å². The number of rotatable bonds is 4. The summed E-state index contributed by atoms with van der Waals surface area (Å²) in [5.74, 6) is -0.196. The van der Waals surface area contributed by atoms with E-state index >= 15 is 0 Å². The number of hydrogen-bond acceptors (Lipinski definition) is 3. The second-order valence-corrected chi connectivity index (χ2v) is 3.49. The minimum atomic E-state index is -0.196. The Kier molecular flexibility index (Phi) is 6.87. The number of carbonyl (C=O) groups excluding carboxylic acids is 1. The van der Waals surface area contributed by atoms with E-state index in [0.717, 1.165) is 39.3 Å². The van der Waals surface area contributed by atoms with Crippen molar-refractivity contribution in [2.45, 2.75) is 13.3 Å². The molecule has 1 rings (SSSR count). The zero-order chi connectivity index (χ0) is 9.68. The lowest BCUT2D eigenvalue weighted by molar-refractivity contribution is -0.118. The van der Waals surface area contributed by atoms with Crippen LogP contribution in [-0.4, -0.2) is 55.0 Å². The average molecular weight is 222 g/mol. The van der Waals surface area contributed by atoms with E-state index in [9.17, 15) is 4.79 Å². The molecule has 0 aromatic rings. The van der Waals surface area contributed by atoms with Crippen LogP contribution in [0.25, 0.3) is 0 Å². The van der Waals surface area contributed by atoms with Crippen molar-refractivity contribution < 1.29 is 4.79 Å². The van der Waals surface area contributed by atoms with Crippen molar-refractivity contribution in [2.75, 3.05) is 39.3 Å². The van der Waals surface area contributed by atoms with Gasteiger partial charge in [0.15, 0.2) is 0 Å². The summed E-state index contributed by atoms with van der Waals surface area (Å²) in [4.78, 5) is 15.3. The molecule has 14 heavy (non-hydrogen) atoms. The van der Waals surface area contributed by atoms with Crippen molar-refractivity contribution in [3.05, 3.63) is 0 Å². The number of amides is 1. The smallest absolute Gasteiger partial charge is 0.218 e. The Balaban J connectivity index is 0.00000169. The summed E-state index contributed by atoms with van der Waals surface area (Å²) in [6.07, 6.45) is 0.492. The predicted octanol–water partition coefficient (Wildman–Crippen LogP) is -0.0789. The number of nitrogens with two attached hydrogens (primary N) is 1. The SMILES string of the molecule is CCN1CCN(CCC(N)=O)CC1.Cl. The maximum Gasteiger partial charge on any atom is 0.218 e. The van der Waals surface area contributed by atoms with Crippen molar-refractivity contribution in [3.8, 4) is 0 Å². The summed E-state index contributed by atoms with van der Waals surface area (Å²) < 4.78 is 0. The number of likely N-dealkylation sites (N-methyl/N-ethyl adjacent to an activating group) is 1. The molecule has 0 bridgehead atoms. The van der Waals surface area contributed by atoms with Crippen LogP contribution in [0.4, 0.5) is 0 Å². The van der Waals surface area contributed by atoms with Crippen molar-refractivity contribution in [2.24, 2.45) is 5.73 Å². The highest BCUT2D eigenvalue weighted by molar-refractivity contribution is 5.85. The number of halogens is 1. The molecule has 0 atom stereocenters. The molecule has 0 spiro atoms. The van der Waals surface area contributed by atoms with Gasteiger partial charge in [-0.15, -0.1) is 12.4 Å². The molecule has 1 amide bonds. The number of piperazine rings is 1. The number of carbonyl (C=O) groups is 1. The predicted molar refractivity (Wildman–Crippen MR) is 59.6 cm³/mol. The lowest BCUT2D eigenvalue weighted by Crippen LogP contribution is -2.46. The van der Waals surface area contributed by atoms with E-state index in [1.165, 1.54) is 0 Å². The zero-order valence-corrected chi connectivity index (χ0v) is 9.55. The minimum absolute atomic E-state index is 0. The van der Waals surface area contributed by atoms with Crippen LogP contribution in [0.15, 0.2) is 0 Å². The molecule has 2 N–H and O–H groups in total. The fourth-order valence-corrected chi connectivity index (χ4v) is 1.60. The summed E-state index contributed by atoms with van der Waals surface area (Å²) in [7, 11) is 0. The molecule has 0 aromatic heterocycles. The van der Waals surface area contributed by atoms with Gasteiger partial charge in [-0.2, -0.15) is 0 Å². The molecule has 5 heteroatoms. The van der Waals surface area contributed by atoms with Crippen molar-refractivity contribution >= 4 is 18.3 Å². The highest BCUT2D eigenvalue weighted by Crippen LogP contribution is 2.01. The molecular formula is C9H20ClN3O. The molecule has 0 aliphatic carbocycles. The van der Waals surface area contributed by atoms with Crippen LogP contribution in [0.5, 0.6) is 0 Å². The van der Waals surface area contributed by atoms with Crippen LogP contribution in [0.2, 0.25) is 0 Å². The molecule has 1 heterocycles. The van der Waals surface area contributed by atoms with E-state index in [1.807, 2.05) is 0 Å². The fourth-order valence-electron chi connectivity index (χ4n) is 1.60. The van der Waals surface area contributed by atoms with Gasteiger partial charge >= 0.3 is 0 Å². The van der Waals surface area contributed by atoms with Crippen molar-refractivity contribution in [1.82, 2.24) is 9.80 Å². The van der Waals surface area contributed by atoms with Gasteiger partial charge in [-0.1, -0.05) is 6.92 Å². The lowest BCUT2D eigenvalue weighted by Gasteiger charge is -2.33.